The second-order valence-corrected chi connectivity index (χ2v) is 22.8. The van der Waals surface area contributed by atoms with Gasteiger partial charge in [-0.3, -0.25) is 0 Å². The number of benzene rings is 3. The maximum atomic E-state index is 3.03. The van der Waals surface area contributed by atoms with Gasteiger partial charge in [-0.15, -0.1) is 0 Å². The highest BCUT2D eigenvalue weighted by molar-refractivity contribution is 6.98. The maximum absolute atomic E-state index is 3.03. The summed E-state index contributed by atoms with van der Waals surface area (Å²) in [6.45, 7) is 31.7. The first-order valence-corrected chi connectivity index (χ1v) is 20.7. The van der Waals surface area contributed by atoms with Crippen molar-refractivity contribution in [3.8, 4) is 0 Å². The molecule has 0 saturated heterocycles. The molecule has 3 aromatic rings. The number of hydrogen-bond acceptors (Lipinski definition) is 1. The molecule has 0 fully saturated rings. The number of para-hydroxylation sites is 1. The number of hydrogen-bond donors (Lipinski definition) is 0. The first kappa shape index (κ1) is 33.9. The van der Waals surface area contributed by atoms with E-state index in [1.165, 1.54) is 27.9 Å². The molecule has 0 atom stereocenters. The number of allylic oxidation sites excluding steroid dienone is 2. The van der Waals surface area contributed by atoms with Crippen molar-refractivity contribution in [1.29, 1.82) is 0 Å². The SMILES string of the molecule is CC(C)c1cccc(C(C)C)c1N([Si](/C(=C\c1ccccc1)C(C)(C)C)/C(=C\c1ccccc1)C(C)(C)C)[Si](C)(C)C. The first-order chi connectivity index (χ1) is 19.4. The van der Waals surface area contributed by atoms with Gasteiger partial charge in [-0.1, -0.05) is 190 Å². The highest BCUT2D eigenvalue weighted by Gasteiger charge is 2.45. The van der Waals surface area contributed by atoms with Crippen molar-refractivity contribution >= 4 is 35.0 Å². The zero-order valence-electron chi connectivity index (χ0n) is 28.8. The van der Waals surface area contributed by atoms with Crippen LogP contribution in [0.25, 0.3) is 12.2 Å². The van der Waals surface area contributed by atoms with Crippen molar-refractivity contribution < 1.29 is 0 Å². The van der Waals surface area contributed by atoms with Crippen molar-refractivity contribution in [3.05, 3.63) is 112 Å². The Labute approximate surface area is 261 Å². The third kappa shape index (κ3) is 8.26. The third-order valence-electron chi connectivity index (χ3n) is 7.81. The molecule has 0 unspecified atom stereocenters. The molecule has 225 valence electrons. The molecule has 1 radical (unpaired) electrons. The van der Waals surface area contributed by atoms with Gasteiger partial charge >= 0.3 is 0 Å². The predicted molar refractivity (Wildman–Crippen MR) is 194 cm³/mol. The fourth-order valence-electron chi connectivity index (χ4n) is 5.65. The number of nitrogens with zero attached hydrogens (tertiary/aromatic N) is 1. The Kier molecular flexibility index (Phi) is 10.8. The Bertz CT molecular complexity index is 1270. The van der Waals surface area contributed by atoms with Gasteiger partial charge in [0, 0.05) is 5.69 Å². The van der Waals surface area contributed by atoms with Gasteiger partial charge < -0.3 is 4.23 Å². The summed E-state index contributed by atoms with van der Waals surface area (Å²) in [7, 11) is -3.44. The molecule has 0 aliphatic rings. The average Bonchev–Trinajstić information content (AvgIpc) is 2.88. The van der Waals surface area contributed by atoms with E-state index in [9.17, 15) is 0 Å². The molecular formula is C39H56NSi2. The van der Waals surface area contributed by atoms with E-state index < -0.39 is 17.2 Å². The van der Waals surface area contributed by atoms with Crippen molar-refractivity contribution in [3.63, 3.8) is 0 Å². The van der Waals surface area contributed by atoms with E-state index in [0.29, 0.717) is 11.8 Å². The normalized spacial score (nSPS) is 13.8. The summed E-state index contributed by atoms with van der Waals surface area (Å²) in [6, 6.07) is 29.1. The van der Waals surface area contributed by atoms with E-state index in [2.05, 4.69) is 184 Å². The highest BCUT2D eigenvalue weighted by atomic mass is 28.4. The second-order valence-electron chi connectivity index (χ2n) is 15.4. The lowest BCUT2D eigenvalue weighted by Gasteiger charge is -2.50. The van der Waals surface area contributed by atoms with Crippen molar-refractivity contribution in [1.82, 2.24) is 0 Å². The molecule has 3 aromatic carbocycles. The smallest absolute Gasteiger partial charge is 0.226 e. The van der Waals surface area contributed by atoms with Gasteiger partial charge in [-0.05, 0) is 44.9 Å². The lowest BCUT2D eigenvalue weighted by atomic mass is 9.93. The van der Waals surface area contributed by atoms with Crippen molar-refractivity contribution in [2.24, 2.45) is 10.8 Å². The fourth-order valence-corrected chi connectivity index (χ4v) is 13.3. The molecule has 1 nitrogen and oxygen atoms in total. The predicted octanol–water partition coefficient (Wildman–Crippen LogP) is 11.9. The van der Waals surface area contributed by atoms with Crippen LogP contribution < -0.4 is 4.23 Å². The molecule has 0 aromatic heterocycles. The van der Waals surface area contributed by atoms with Crippen LogP contribution in [0, 0.1) is 10.8 Å². The Morgan fingerprint density at radius 1 is 0.595 bits per heavy atom. The molecular weight excluding hydrogens is 539 g/mol. The van der Waals surface area contributed by atoms with E-state index >= 15 is 0 Å². The monoisotopic (exact) mass is 594 g/mol. The minimum atomic E-state index is -1.97. The largest absolute Gasteiger partial charge is 0.418 e. The number of anilines is 1. The van der Waals surface area contributed by atoms with Crippen LogP contribution in [0.15, 0.2) is 89.3 Å². The molecule has 0 N–H and O–H groups in total. The summed E-state index contributed by atoms with van der Waals surface area (Å²) in [4.78, 5) is 0. The molecule has 3 heteroatoms. The van der Waals surface area contributed by atoms with Gasteiger partial charge in [-0.2, -0.15) is 0 Å². The molecule has 0 bridgehead atoms. The Morgan fingerprint density at radius 3 is 1.24 bits per heavy atom. The van der Waals surface area contributed by atoms with Gasteiger partial charge in [-0.25, -0.2) is 0 Å². The zero-order chi connectivity index (χ0) is 31.5. The third-order valence-corrected chi connectivity index (χ3v) is 15.5. The average molecular weight is 595 g/mol. The fraction of sp³-hybridized carbons (Fsp3) is 0.436. The summed E-state index contributed by atoms with van der Waals surface area (Å²) < 4.78 is 3.03. The molecule has 3 rings (SSSR count). The summed E-state index contributed by atoms with van der Waals surface area (Å²) in [5, 5.41) is 3.12. The van der Waals surface area contributed by atoms with Crippen LogP contribution in [-0.4, -0.2) is 17.2 Å². The topological polar surface area (TPSA) is 3.24 Å². The minimum absolute atomic E-state index is 0.0200. The van der Waals surface area contributed by atoms with Gasteiger partial charge in [0.1, 0.15) is 8.24 Å². The lowest BCUT2D eigenvalue weighted by molar-refractivity contribution is 0.515. The minimum Gasteiger partial charge on any atom is -0.418 e. The van der Waals surface area contributed by atoms with Gasteiger partial charge in [0.25, 0.3) is 0 Å². The van der Waals surface area contributed by atoms with E-state index in [1.54, 1.807) is 10.4 Å². The quantitative estimate of drug-likeness (QED) is 0.223. The van der Waals surface area contributed by atoms with Crippen LogP contribution in [0.4, 0.5) is 5.69 Å². The van der Waals surface area contributed by atoms with Gasteiger partial charge in [0.05, 0.1) is 0 Å². The summed E-state index contributed by atoms with van der Waals surface area (Å²) in [5.74, 6) is 0.876. The van der Waals surface area contributed by atoms with E-state index in [-0.39, 0.29) is 10.8 Å². The first-order valence-electron chi connectivity index (χ1n) is 15.8. The van der Waals surface area contributed by atoms with Crippen molar-refractivity contribution in [2.45, 2.75) is 101 Å². The number of rotatable bonds is 9. The van der Waals surface area contributed by atoms with Crippen LogP contribution in [-0.2, 0) is 0 Å². The van der Waals surface area contributed by atoms with Gasteiger partial charge in [0.15, 0.2) is 0 Å². The molecule has 0 spiro atoms. The molecule has 0 aliphatic heterocycles. The van der Waals surface area contributed by atoms with Crippen LogP contribution in [0.3, 0.4) is 0 Å². The Hall–Kier alpha value is -2.63. The second kappa shape index (κ2) is 13.3. The molecule has 0 aliphatic carbocycles. The van der Waals surface area contributed by atoms with Crippen molar-refractivity contribution in [2.75, 3.05) is 4.23 Å². The molecule has 0 heterocycles. The lowest BCUT2D eigenvalue weighted by Crippen LogP contribution is -2.60. The van der Waals surface area contributed by atoms with Crippen LogP contribution >= 0.6 is 0 Å². The Morgan fingerprint density at radius 2 is 0.952 bits per heavy atom. The van der Waals surface area contributed by atoms with Crippen LogP contribution in [0.2, 0.25) is 19.6 Å². The summed E-state index contributed by atoms with van der Waals surface area (Å²) in [5.41, 5.74) is 6.99. The Balaban J connectivity index is 2.60. The van der Waals surface area contributed by atoms with E-state index in [4.69, 9.17) is 0 Å². The molecule has 42 heavy (non-hydrogen) atoms. The van der Waals surface area contributed by atoms with Crippen LogP contribution in [0.1, 0.15) is 103 Å². The summed E-state index contributed by atoms with van der Waals surface area (Å²) >= 11 is 0. The maximum Gasteiger partial charge on any atom is 0.226 e. The van der Waals surface area contributed by atoms with Gasteiger partial charge in [0.2, 0.25) is 8.96 Å². The van der Waals surface area contributed by atoms with Crippen LogP contribution in [0.5, 0.6) is 0 Å². The zero-order valence-corrected chi connectivity index (χ0v) is 30.8. The van der Waals surface area contributed by atoms with E-state index in [0.717, 1.165) is 0 Å². The summed E-state index contributed by atoms with van der Waals surface area (Å²) in [6.07, 6.45) is 5.08. The standard InChI is InChI=1S/C39H56NSi2/c1-29(2)33-25-20-26-34(30(3)4)37(33)40(42(11,12)13)41(35(38(5,6)7)27-31-21-16-14-17-22-31)36(39(8,9)10)28-32-23-18-15-19-24-32/h14-30H,1-13H3/b35-27-,36-28-. The molecule has 0 saturated carbocycles. The highest BCUT2D eigenvalue weighted by Crippen LogP contribution is 2.46. The van der Waals surface area contributed by atoms with E-state index in [1.807, 2.05) is 0 Å². The molecule has 0 amide bonds.